The van der Waals surface area contributed by atoms with Crippen LogP contribution in [0.5, 0.6) is 0 Å². The summed E-state index contributed by atoms with van der Waals surface area (Å²) in [6, 6.07) is 2.07. The first-order valence-corrected chi connectivity index (χ1v) is 3.72. The highest BCUT2D eigenvalue weighted by molar-refractivity contribution is 5.80. The van der Waals surface area contributed by atoms with E-state index in [0.29, 0.717) is 13.0 Å². The van der Waals surface area contributed by atoms with E-state index in [0.717, 1.165) is 0 Å². The Morgan fingerprint density at radius 2 is 2.55 bits per heavy atom. The van der Waals surface area contributed by atoms with Gasteiger partial charge in [0.25, 0.3) is 0 Å². The van der Waals surface area contributed by atoms with Crippen LogP contribution < -0.4 is 0 Å². The van der Waals surface area contributed by atoms with Gasteiger partial charge >= 0.3 is 5.97 Å². The van der Waals surface area contributed by atoms with Gasteiger partial charge in [0.2, 0.25) is 0 Å². The van der Waals surface area contributed by atoms with Crippen LogP contribution in [-0.4, -0.2) is 12.6 Å². The number of esters is 1. The molecular formula is C8H11NO2. The first kappa shape index (κ1) is 8.06. The van der Waals surface area contributed by atoms with E-state index in [-0.39, 0.29) is 11.9 Å². The van der Waals surface area contributed by atoms with Crippen LogP contribution in [0, 0.1) is 22.7 Å². The summed E-state index contributed by atoms with van der Waals surface area (Å²) in [7, 11) is 0. The van der Waals surface area contributed by atoms with Crippen molar-refractivity contribution in [2.75, 3.05) is 6.61 Å². The molecule has 2 atom stereocenters. The van der Waals surface area contributed by atoms with Crippen molar-refractivity contribution in [2.45, 2.75) is 20.3 Å². The summed E-state index contributed by atoms with van der Waals surface area (Å²) in [6.07, 6.45) is 0.655. The second kappa shape index (κ2) is 2.54. The van der Waals surface area contributed by atoms with Crippen LogP contribution in [0.3, 0.4) is 0 Å². The Kier molecular flexibility index (Phi) is 1.86. The average molecular weight is 153 g/mol. The first-order chi connectivity index (χ1) is 5.15. The Labute approximate surface area is 66.0 Å². The SMILES string of the molecule is CCOC(=O)[C@]1(C)C[C@H]1C#N. The Hall–Kier alpha value is -1.04. The third-order valence-corrected chi connectivity index (χ3v) is 2.13. The summed E-state index contributed by atoms with van der Waals surface area (Å²) in [5.74, 6) is -0.354. The standard InChI is InChI=1S/C8H11NO2/c1-3-11-7(10)8(2)4-6(8)5-9/h6H,3-4H2,1-2H3/t6-,8+/m0/s1. The van der Waals surface area contributed by atoms with E-state index in [2.05, 4.69) is 6.07 Å². The third-order valence-electron chi connectivity index (χ3n) is 2.13. The number of carbonyl (C=O) groups is 1. The zero-order chi connectivity index (χ0) is 8.48. The highest BCUT2D eigenvalue weighted by Gasteiger charge is 2.57. The molecule has 0 unspecified atom stereocenters. The van der Waals surface area contributed by atoms with E-state index < -0.39 is 5.41 Å². The molecule has 1 aliphatic rings. The number of ether oxygens (including phenoxy) is 1. The lowest BCUT2D eigenvalue weighted by molar-refractivity contribution is -0.149. The van der Waals surface area contributed by atoms with Crippen molar-refractivity contribution in [3.05, 3.63) is 0 Å². The van der Waals surface area contributed by atoms with Gasteiger partial charge in [0.1, 0.15) is 0 Å². The van der Waals surface area contributed by atoms with E-state index >= 15 is 0 Å². The lowest BCUT2D eigenvalue weighted by atomic mass is 10.1. The molecule has 1 fully saturated rings. The first-order valence-electron chi connectivity index (χ1n) is 3.72. The zero-order valence-electron chi connectivity index (χ0n) is 6.76. The predicted octanol–water partition coefficient (Wildman–Crippen LogP) is 1.10. The van der Waals surface area contributed by atoms with Gasteiger partial charge < -0.3 is 4.74 Å². The normalized spacial score (nSPS) is 34.1. The van der Waals surface area contributed by atoms with E-state index in [9.17, 15) is 4.79 Å². The highest BCUT2D eigenvalue weighted by Crippen LogP contribution is 2.52. The Morgan fingerprint density at radius 3 is 2.91 bits per heavy atom. The number of nitriles is 1. The molecular weight excluding hydrogens is 142 g/mol. The monoisotopic (exact) mass is 153 g/mol. The molecule has 0 amide bonds. The van der Waals surface area contributed by atoms with Crippen LogP contribution in [-0.2, 0) is 9.53 Å². The fraction of sp³-hybridized carbons (Fsp3) is 0.750. The van der Waals surface area contributed by atoms with Gasteiger partial charge in [-0.2, -0.15) is 5.26 Å². The van der Waals surface area contributed by atoms with Crippen molar-refractivity contribution in [1.82, 2.24) is 0 Å². The molecule has 60 valence electrons. The molecule has 0 N–H and O–H groups in total. The fourth-order valence-corrected chi connectivity index (χ4v) is 1.07. The minimum absolute atomic E-state index is 0.124. The predicted molar refractivity (Wildman–Crippen MR) is 38.5 cm³/mol. The van der Waals surface area contributed by atoms with Gasteiger partial charge in [-0.1, -0.05) is 0 Å². The molecule has 0 spiro atoms. The molecule has 0 aliphatic heterocycles. The molecule has 3 nitrogen and oxygen atoms in total. The van der Waals surface area contributed by atoms with Crippen LogP contribution in [0.15, 0.2) is 0 Å². The Bertz CT molecular complexity index is 219. The Balaban J connectivity index is 2.51. The van der Waals surface area contributed by atoms with Crippen LogP contribution in [0.25, 0.3) is 0 Å². The molecule has 0 aromatic heterocycles. The van der Waals surface area contributed by atoms with E-state index in [4.69, 9.17) is 10.00 Å². The summed E-state index contributed by atoms with van der Waals surface area (Å²) in [5.41, 5.74) is -0.495. The highest BCUT2D eigenvalue weighted by atomic mass is 16.5. The summed E-state index contributed by atoms with van der Waals surface area (Å²) >= 11 is 0. The zero-order valence-corrected chi connectivity index (χ0v) is 6.76. The van der Waals surface area contributed by atoms with E-state index in [1.165, 1.54) is 0 Å². The lowest BCUT2D eigenvalue weighted by Gasteiger charge is -2.06. The third kappa shape index (κ3) is 1.21. The second-order valence-corrected chi connectivity index (χ2v) is 3.02. The van der Waals surface area contributed by atoms with Crippen molar-refractivity contribution >= 4 is 5.97 Å². The maximum absolute atomic E-state index is 11.1. The molecule has 0 radical (unpaired) electrons. The summed E-state index contributed by atoms with van der Waals surface area (Å²) in [6.45, 7) is 3.94. The van der Waals surface area contributed by atoms with E-state index in [1.54, 1.807) is 13.8 Å². The molecule has 1 rings (SSSR count). The summed E-state index contributed by atoms with van der Waals surface area (Å²) in [4.78, 5) is 11.1. The van der Waals surface area contributed by atoms with Gasteiger partial charge in [0.15, 0.2) is 0 Å². The van der Waals surface area contributed by atoms with Crippen molar-refractivity contribution in [3.63, 3.8) is 0 Å². The summed E-state index contributed by atoms with van der Waals surface area (Å²) < 4.78 is 4.81. The molecule has 0 bridgehead atoms. The summed E-state index contributed by atoms with van der Waals surface area (Å²) in [5, 5.41) is 8.50. The number of nitrogens with zero attached hydrogens (tertiary/aromatic N) is 1. The smallest absolute Gasteiger partial charge is 0.313 e. The van der Waals surface area contributed by atoms with Crippen LogP contribution >= 0.6 is 0 Å². The van der Waals surface area contributed by atoms with Gasteiger partial charge in [0, 0.05) is 0 Å². The lowest BCUT2D eigenvalue weighted by Crippen LogP contribution is -2.17. The van der Waals surface area contributed by atoms with Gasteiger partial charge in [-0.3, -0.25) is 4.79 Å². The van der Waals surface area contributed by atoms with Crippen molar-refractivity contribution in [3.8, 4) is 6.07 Å². The van der Waals surface area contributed by atoms with Gasteiger partial charge in [-0.15, -0.1) is 0 Å². The largest absolute Gasteiger partial charge is 0.466 e. The number of rotatable bonds is 2. The minimum Gasteiger partial charge on any atom is -0.466 e. The molecule has 11 heavy (non-hydrogen) atoms. The quantitative estimate of drug-likeness (QED) is 0.558. The molecule has 0 aromatic rings. The number of carbonyl (C=O) groups excluding carboxylic acids is 1. The maximum Gasteiger partial charge on any atom is 0.313 e. The Morgan fingerprint density at radius 1 is 1.91 bits per heavy atom. The van der Waals surface area contributed by atoms with Gasteiger partial charge in [0.05, 0.1) is 24.0 Å². The van der Waals surface area contributed by atoms with Crippen LogP contribution in [0.1, 0.15) is 20.3 Å². The molecule has 0 heterocycles. The molecule has 1 aliphatic carbocycles. The average Bonchev–Trinajstić information content (AvgIpc) is 2.64. The van der Waals surface area contributed by atoms with Crippen molar-refractivity contribution < 1.29 is 9.53 Å². The van der Waals surface area contributed by atoms with Crippen LogP contribution in [0.4, 0.5) is 0 Å². The van der Waals surface area contributed by atoms with Crippen LogP contribution in [0.2, 0.25) is 0 Å². The molecule has 1 saturated carbocycles. The number of hydrogen-bond donors (Lipinski definition) is 0. The van der Waals surface area contributed by atoms with E-state index in [1.807, 2.05) is 0 Å². The molecule has 0 aromatic carbocycles. The maximum atomic E-state index is 11.1. The minimum atomic E-state index is -0.495. The van der Waals surface area contributed by atoms with Crippen molar-refractivity contribution in [2.24, 2.45) is 11.3 Å². The topological polar surface area (TPSA) is 50.1 Å². The van der Waals surface area contributed by atoms with Crippen molar-refractivity contribution in [1.29, 1.82) is 5.26 Å². The van der Waals surface area contributed by atoms with Gasteiger partial charge in [-0.05, 0) is 20.3 Å². The molecule has 3 heteroatoms. The second-order valence-electron chi connectivity index (χ2n) is 3.02. The van der Waals surface area contributed by atoms with Gasteiger partial charge in [-0.25, -0.2) is 0 Å². The molecule has 0 saturated heterocycles. The fourth-order valence-electron chi connectivity index (χ4n) is 1.07. The number of hydrogen-bond acceptors (Lipinski definition) is 3.